The highest BCUT2D eigenvalue weighted by molar-refractivity contribution is 6.27. The molecule has 0 amide bonds. The Bertz CT molecular complexity index is 587. The predicted molar refractivity (Wildman–Crippen MR) is 76.2 cm³/mol. The summed E-state index contributed by atoms with van der Waals surface area (Å²) in [4.78, 5) is 1.52. The number of methoxy groups -OCH3 is 2. The average Bonchev–Trinajstić information content (AvgIpc) is 2.73. The number of amidine groups is 2. The topological polar surface area (TPSA) is 116 Å². The van der Waals surface area contributed by atoms with Crippen molar-refractivity contribution in [2.45, 2.75) is 0 Å². The Labute approximate surface area is 116 Å². The zero-order chi connectivity index (χ0) is 14.9. The minimum absolute atomic E-state index is 0.0229. The number of aliphatic hydroxyl groups is 1. The maximum atomic E-state index is 9.83. The van der Waals surface area contributed by atoms with Crippen molar-refractivity contribution in [2.75, 3.05) is 25.7 Å². The molecule has 0 aliphatic carbocycles. The second kappa shape index (κ2) is 5.12. The van der Waals surface area contributed by atoms with Gasteiger partial charge in [-0.15, -0.1) is 0 Å². The molecule has 0 unspecified atom stereocenters. The van der Waals surface area contributed by atoms with E-state index in [2.05, 4.69) is 0 Å². The third-order valence-corrected chi connectivity index (χ3v) is 3.02. The van der Waals surface area contributed by atoms with Gasteiger partial charge in [0.2, 0.25) is 0 Å². The summed E-state index contributed by atoms with van der Waals surface area (Å²) in [7, 11) is 3.06. The van der Waals surface area contributed by atoms with Crippen molar-refractivity contribution in [3.8, 4) is 11.5 Å². The number of rotatable bonds is 4. The first-order valence-electron chi connectivity index (χ1n) is 5.84. The molecule has 0 fully saturated rings. The molecule has 7 heteroatoms. The number of benzene rings is 1. The Morgan fingerprint density at radius 3 is 2.20 bits per heavy atom. The van der Waals surface area contributed by atoms with Gasteiger partial charge in [0.05, 0.1) is 32.0 Å². The lowest BCUT2D eigenvalue weighted by Gasteiger charge is -2.20. The van der Waals surface area contributed by atoms with Crippen LogP contribution in [0.2, 0.25) is 0 Å². The van der Waals surface area contributed by atoms with Crippen molar-refractivity contribution in [3.63, 3.8) is 0 Å². The Morgan fingerprint density at radius 2 is 1.80 bits per heavy atom. The van der Waals surface area contributed by atoms with Gasteiger partial charge < -0.3 is 25.2 Å². The molecule has 1 aliphatic heterocycles. The summed E-state index contributed by atoms with van der Waals surface area (Å²) in [5, 5.41) is 25.3. The van der Waals surface area contributed by atoms with E-state index in [9.17, 15) is 5.11 Å². The molecule has 0 atom stereocenters. The van der Waals surface area contributed by atoms with Crippen LogP contribution < -0.4 is 20.1 Å². The zero-order valence-corrected chi connectivity index (χ0v) is 11.2. The summed E-state index contributed by atoms with van der Waals surface area (Å²) in [6.45, 7) is 0.0874. The maximum Gasteiger partial charge on any atom is 0.140 e. The molecule has 1 heterocycles. The second-order valence-corrected chi connectivity index (χ2v) is 4.24. The summed E-state index contributed by atoms with van der Waals surface area (Å²) in [6.07, 6.45) is 0. The first-order valence-corrected chi connectivity index (χ1v) is 5.84. The van der Waals surface area contributed by atoms with Crippen LogP contribution in [-0.4, -0.2) is 37.5 Å². The fourth-order valence-electron chi connectivity index (χ4n) is 2.03. The fourth-order valence-corrected chi connectivity index (χ4v) is 2.03. The standard InChI is InChI=1S/C13H16N4O3/c1-19-8-3-7(4-9(5-8)20-2)17-6-10(18)11(12(14)15)13(17)16/h3-5,16,18H,6H2,1-2H3,(H3,14,15). The van der Waals surface area contributed by atoms with Crippen LogP contribution in [0.3, 0.4) is 0 Å². The molecule has 0 aromatic heterocycles. The van der Waals surface area contributed by atoms with Crippen molar-refractivity contribution in [3.05, 3.63) is 29.5 Å². The lowest BCUT2D eigenvalue weighted by Crippen LogP contribution is -2.29. The third-order valence-electron chi connectivity index (χ3n) is 3.02. The van der Waals surface area contributed by atoms with Crippen molar-refractivity contribution < 1.29 is 14.6 Å². The van der Waals surface area contributed by atoms with Gasteiger partial charge in [-0.05, 0) is 0 Å². The van der Waals surface area contributed by atoms with Gasteiger partial charge in [-0.25, -0.2) is 0 Å². The summed E-state index contributed by atoms with van der Waals surface area (Å²) in [5.74, 6) is 0.699. The van der Waals surface area contributed by atoms with Crippen LogP contribution in [0.1, 0.15) is 0 Å². The summed E-state index contributed by atoms with van der Waals surface area (Å²) >= 11 is 0. The predicted octanol–water partition coefficient (Wildman–Crippen LogP) is 1.25. The summed E-state index contributed by atoms with van der Waals surface area (Å²) in [5.41, 5.74) is 6.05. The SMILES string of the molecule is COc1cc(OC)cc(N2CC(O)=C(C(=N)N)C2=N)c1. The molecule has 0 radical (unpaired) electrons. The van der Waals surface area contributed by atoms with E-state index >= 15 is 0 Å². The lowest BCUT2D eigenvalue weighted by atomic mass is 10.2. The van der Waals surface area contributed by atoms with Gasteiger partial charge >= 0.3 is 0 Å². The lowest BCUT2D eigenvalue weighted by molar-refractivity contribution is 0.394. The number of hydrogen-bond acceptors (Lipinski definition) is 5. The highest BCUT2D eigenvalue weighted by Crippen LogP contribution is 2.32. The van der Waals surface area contributed by atoms with Crippen LogP contribution in [0.4, 0.5) is 5.69 Å². The minimum Gasteiger partial charge on any atom is -0.509 e. The van der Waals surface area contributed by atoms with E-state index in [1.165, 1.54) is 19.1 Å². The van der Waals surface area contributed by atoms with E-state index in [4.69, 9.17) is 26.0 Å². The molecule has 1 aromatic carbocycles. The molecule has 0 saturated carbocycles. The number of anilines is 1. The maximum absolute atomic E-state index is 9.83. The van der Waals surface area contributed by atoms with Crippen LogP contribution in [0.25, 0.3) is 0 Å². The molecular weight excluding hydrogens is 260 g/mol. The molecule has 1 aromatic rings. The minimum atomic E-state index is -0.329. The molecule has 106 valence electrons. The summed E-state index contributed by atoms with van der Waals surface area (Å²) in [6, 6.07) is 5.14. The first-order chi connectivity index (χ1) is 9.47. The molecular formula is C13H16N4O3. The second-order valence-electron chi connectivity index (χ2n) is 4.24. The molecule has 0 saturated heterocycles. The van der Waals surface area contributed by atoms with E-state index in [1.807, 2.05) is 0 Å². The van der Waals surface area contributed by atoms with E-state index < -0.39 is 0 Å². The summed E-state index contributed by atoms with van der Waals surface area (Å²) < 4.78 is 10.3. The molecule has 5 N–H and O–H groups in total. The fraction of sp³-hybridized carbons (Fsp3) is 0.231. The van der Waals surface area contributed by atoms with Crippen molar-refractivity contribution in [1.29, 1.82) is 10.8 Å². The van der Waals surface area contributed by atoms with E-state index in [0.29, 0.717) is 17.2 Å². The highest BCUT2D eigenvalue weighted by atomic mass is 16.5. The number of nitrogens with two attached hydrogens (primary N) is 1. The van der Waals surface area contributed by atoms with Gasteiger partial charge in [0.1, 0.15) is 28.9 Å². The monoisotopic (exact) mass is 276 g/mol. The van der Waals surface area contributed by atoms with Crippen LogP contribution in [0.15, 0.2) is 29.5 Å². The normalized spacial score (nSPS) is 14.7. The van der Waals surface area contributed by atoms with Gasteiger partial charge in [-0.1, -0.05) is 0 Å². The number of nitrogens with one attached hydrogen (secondary N) is 2. The third kappa shape index (κ3) is 2.25. The van der Waals surface area contributed by atoms with E-state index in [-0.39, 0.29) is 29.5 Å². The first kappa shape index (κ1) is 13.7. The molecule has 1 aliphatic rings. The smallest absolute Gasteiger partial charge is 0.140 e. The van der Waals surface area contributed by atoms with Gasteiger partial charge in [0, 0.05) is 18.2 Å². The molecule has 20 heavy (non-hydrogen) atoms. The van der Waals surface area contributed by atoms with Gasteiger partial charge in [-0.3, -0.25) is 10.8 Å². The number of aliphatic hydroxyl groups excluding tert-OH is 1. The number of nitrogens with zero attached hydrogens (tertiary/aromatic N) is 1. The zero-order valence-electron chi connectivity index (χ0n) is 11.2. The van der Waals surface area contributed by atoms with E-state index in [0.717, 1.165) is 0 Å². The van der Waals surface area contributed by atoms with Crippen LogP contribution in [0, 0.1) is 10.8 Å². The molecule has 0 spiro atoms. The van der Waals surface area contributed by atoms with Crippen molar-refractivity contribution in [1.82, 2.24) is 0 Å². The van der Waals surface area contributed by atoms with Crippen LogP contribution >= 0.6 is 0 Å². The largest absolute Gasteiger partial charge is 0.509 e. The van der Waals surface area contributed by atoms with E-state index in [1.54, 1.807) is 18.2 Å². The Morgan fingerprint density at radius 1 is 1.25 bits per heavy atom. The van der Waals surface area contributed by atoms with Gasteiger partial charge in [-0.2, -0.15) is 0 Å². The van der Waals surface area contributed by atoms with Crippen LogP contribution in [-0.2, 0) is 0 Å². The quantitative estimate of drug-likeness (QED) is 0.488. The molecule has 7 nitrogen and oxygen atoms in total. The molecule has 0 bridgehead atoms. The number of hydrogen-bond donors (Lipinski definition) is 4. The average molecular weight is 276 g/mol. The highest BCUT2D eigenvalue weighted by Gasteiger charge is 2.30. The van der Waals surface area contributed by atoms with Gasteiger partial charge in [0.25, 0.3) is 0 Å². The van der Waals surface area contributed by atoms with Gasteiger partial charge in [0.15, 0.2) is 0 Å². The Kier molecular flexibility index (Phi) is 3.51. The molecule has 2 rings (SSSR count). The van der Waals surface area contributed by atoms with Crippen LogP contribution in [0.5, 0.6) is 11.5 Å². The Hall–Kier alpha value is -2.70. The van der Waals surface area contributed by atoms with Crippen molar-refractivity contribution >= 4 is 17.4 Å². The number of ether oxygens (including phenoxy) is 2. The van der Waals surface area contributed by atoms with Crippen molar-refractivity contribution in [2.24, 2.45) is 5.73 Å². The Balaban J connectivity index is 2.40.